The third-order valence-electron chi connectivity index (χ3n) is 2.75. The van der Waals surface area contributed by atoms with Gasteiger partial charge in [-0.1, -0.05) is 24.8 Å². The number of rotatable bonds is 3. The topological polar surface area (TPSA) is 46.5 Å². The van der Waals surface area contributed by atoms with Gasteiger partial charge in [-0.05, 0) is 23.1 Å². The van der Waals surface area contributed by atoms with Crippen molar-refractivity contribution < 1.29 is 19.0 Å². The fourth-order valence-electron chi connectivity index (χ4n) is 1.74. The number of hydrogen-bond acceptors (Lipinski definition) is 2. The van der Waals surface area contributed by atoms with Crippen LogP contribution in [0.3, 0.4) is 0 Å². The monoisotopic (exact) mass is 246 g/mol. The maximum Gasteiger partial charge on any atom is 0.335 e. The predicted molar refractivity (Wildman–Crippen MR) is 67.1 cm³/mol. The number of aliphatic carboxylic acids is 1. The standard InChI is InChI=1S/C14H11FO3/c1-8(14(16)17)9-3-5-11-10(7-9)4-6-12(18-2)13(11)15/h3-7H,1H2,2H3,(H,16,17). The lowest BCUT2D eigenvalue weighted by molar-refractivity contribution is -0.130. The fraction of sp³-hybridized carbons (Fsp3) is 0.0714. The van der Waals surface area contributed by atoms with Gasteiger partial charge in [0, 0.05) is 5.39 Å². The molecule has 0 fully saturated rings. The number of benzene rings is 2. The lowest BCUT2D eigenvalue weighted by Crippen LogP contribution is -1.98. The van der Waals surface area contributed by atoms with Gasteiger partial charge in [0.05, 0.1) is 12.7 Å². The molecule has 2 aromatic carbocycles. The molecule has 0 bridgehead atoms. The average Bonchev–Trinajstić information content (AvgIpc) is 2.37. The van der Waals surface area contributed by atoms with E-state index < -0.39 is 11.8 Å². The Morgan fingerprint density at radius 3 is 2.67 bits per heavy atom. The van der Waals surface area contributed by atoms with Gasteiger partial charge in [0.25, 0.3) is 0 Å². The maximum absolute atomic E-state index is 13.9. The first kappa shape index (κ1) is 12.1. The van der Waals surface area contributed by atoms with Crippen molar-refractivity contribution in [2.24, 2.45) is 0 Å². The zero-order chi connectivity index (χ0) is 13.3. The van der Waals surface area contributed by atoms with Crippen molar-refractivity contribution in [3.63, 3.8) is 0 Å². The van der Waals surface area contributed by atoms with E-state index in [1.54, 1.807) is 12.1 Å². The molecule has 0 aliphatic heterocycles. The molecule has 0 aromatic heterocycles. The van der Waals surface area contributed by atoms with Gasteiger partial charge in [0.1, 0.15) is 0 Å². The molecule has 3 nitrogen and oxygen atoms in total. The van der Waals surface area contributed by atoms with Crippen LogP contribution in [0.25, 0.3) is 16.3 Å². The highest BCUT2D eigenvalue weighted by Crippen LogP contribution is 2.28. The second kappa shape index (κ2) is 4.49. The van der Waals surface area contributed by atoms with Crippen LogP contribution in [0.5, 0.6) is 5.75 Å². The van der Waals surface area contributed by atoms with Crippen LogP contribution in [0.1, 0.15) is 5.56 Å². The number of methoxy groups -OCH3 is 1. The first-order valence-electron chi connectivity index (χ1n) is 5.23. The third-order valence-corrected chi connectivity index (χ3v) is 2.75. The highest BCUT2D eigenvalue weighted by molar-refractivity contribution is 6.15. The lowest BCUT2D eigenvalue weighted by Gasteiger charge is -2.07. The molecule has 0 radical (unpaired) electrons. The van der Waals surface area contributed by atoms with Crippen molar-refractivity contribution in [1.29, 1.82) is 0 Å². The summed E-state index contributed by atoms with van der Waals surface area (Å²) in [7, 11) is 1.39. The van der Waals surface area contributed by atoms with E-state index in [0.29, 0.717) is 16.3 Å². The van der Waals surface area contributed by atoms with E-state index in [1.165, 1.54) is 25.3 Å². The summed E-state index contributed by atoms with van der Waals surface area (Å²) in [4.78, 5) is 10.8. The SMILES string of the molecule is C=C(C(=O)O)c1ccc2c(F)c(OC)ccc2c1. The zero-order valence-electron chi connectivity index (χ0n) is 9.74. The van der Waals surface area contributed by atoms with Crippen molar-refractivity contribution >= 4 is 22.3 Å². The van der Waals surface area contributed by atoms with Gasteiger partial charge in [-0.15, -0.1) is 0 Å². The number of hydrogen-bond donors (Lipinski definition) is 1. The van der Waals surface area contributed by atoms with E-state index in [4.69, 9.17) is 9.84 Å². The molecule has 0 aliphatic carbocycles. The number of carboxylic acids is 1. The summed E-state index contributed by atoms with van der Waals surface area (Å²) >= 11 is 0. The van der Waals surface area contributed by atoms with E-state index in [0.717, 1.165) is 0 Å². The number of fused-ring (bicyclic) bond motifs is 1. The van der Waals surface area contributed by atoms with Crippen molar-refractivity contribution in [3.8, 4) is 5.75 Å². The second-order valence-corrected chi connectivity index (χ2v) is 3.80. The molecule has 2 aromatic rings. The molecule has 2 rings (SSSR count). The van der Waals surface area contributed by atoms with E-state index in [-0.39, 0.29) is 11.3 Å². The smallest absolute Gasteiger partial charge is 0.335 e. The van der Waals surface area contributed by atoms with Gasteiger partial charge in [-0.25, -0.2) is 9.18 Å². The fourth-order valence-corrected chi connectivity index (χ4v) is 1.74. The summed E-state index contributed by atoms with van der Waals surface area (Å²) < 4.78 is 18.8. The molecule has 0 unspecified atom stereocenters. The summed E-state index contributed by atoms with van der Waals surface area (Å²) in [5.74, 6) is -1.39. The highest BCUT2D eigenvalue weighted by Gasteiger charge is 2.11. The van der Waals surface area contributed by atoms with Gasteiger partial charge < -0.3 is 9.84 Å². The lowest BCUT2D eigenvalue weighted by atomic mass is 10.0. The first-order chi connectivity index (χ1) is 8.54. The van der Waals surface area contributed by atoms with E-state index in [9.17, 15) is 9.18 Å². The van der Waals surface area contributed by atoms with E-state index in [1.807, 2.05) is 0 Å². The molecule has 0 amide bonds. The minimum atomic E-state index is -1.09. The van der Waals surface area contributed by atoms with Gasteiger partial charge in [-0.3, -0.25) is 0 Å². The Hall–Kier alpha value is -2.36. The van der Waals surface area contributed by atoms with Crippen molar-refractivity contribution in [1.82, 2.24) is 0 Å². The first-order valence-corrected chi connectivity index (χ1v) is 5.23. The largest absolute Gasteiger partial charge is 0.494 e. The Morgan fingerprint density at radius 2 is 2.06 bits per heavy atom. The second-order valence-electron chi connectivity index (χ2n) is 3.80. The molecule has 4 heteroatoms. The van der Waals surface area contributed by atoms with Crippen LogP contribution in [0.2, 0.25) is 0 Å². The number of ether oxygens (including phenoxy) is 1. The molecule has 0 aliphatic rings. The molecular formula is C14H11FO3. The van der Waals surface area contributed by atoms with Crippen molar-refractivity contribution in [2.45, 2.75) is 0 Å². The predicted octanol–water partition coefficient (Wildman–Crippen LogP) is 3.09. The molecule has 0 saturated heterocycles. The van der Waals surface area contributed by atoms with Gasteiger partial charge in [-0.2, -0.15) is 0 Å². The van der Waals surface area contributed by atoms with Crippen LogP contribution in [0, 0.1) is 5.82 Å². The average molecular weight is 246 g/mol. The molecule has 1 N–H and O–H groups in total. The summed E-state index contributed by atoms with van der Waals surface area (Å²) in [5, 5.41) is 9.84. The third kappa shape index (κ3) is 1.93. The summed E-state index contributed by atoms with van der Waals surface area (Å²) in [6, 6.07) is 7.83. The molecular weight excluding hydrogens is 235 g/mol. The van der Waals surface area contributed by atoms with Crippen LogP contribution in [0.15, 0.2) is 36.9 Å². The molecule has 0 heterocycles. The Labute approximate surface area is 103 Å². The van der Waals surface area contributed by atoms with E-state index >= 15 is 0 Å². The quantitative estimate of drug-likeness (QED) is 0.846. The Balaban J connectivity index is 2.61. The van der Waals surface area contributed by atoms with Crippen molar-refractivity contribution in [2.75, 3.05) is 7.11 Å². The Bertz CT molecular complexity index is 647. The molecule has 18 heavy (non-hydrogen) atoms. The number of carbonyl (C=O) groups is 1. The normalized spacial score (nSPS) is 10.3. The molecule has 92 valence electrons. The van der Waals surface area contributed by atoms with Crippen LogP contribution in [-0.4, -0.2) is 18.2 Å². The minimum absolute atomic E-state index is 0.0203. The Morgan fingerprint density at radius 1 is 1.33 bits per heavy atom. The number of carboxylic acid groups (broad SMARTS) is 1. The maximum atomic E-state index is 13.9. The summed E-state index contributed by atoms with van der Waals surface area (Å²) in [5.41, 5.74) is 0.438. The Kier molecular flexibility index (Phi) is 3.02. The van der Waals surface area contributed by atoms with Crippen molar-refractivity contribution in [3.05, 3.63) is 48.3 Å². The summed E-state index contributed by atoms with van der Waals surface area (Å²) in [6.07, 6.45) is 0. The number of halogens is 1. The molecule has 0 spiro atoms. The van der Waals surface area contributed by atoms with Gasteiger partial charge in [0.15, 0.2) is 11.6 Å². The van der Waals surface area contributed by atoms with Crippen LogP contribution in [0.4, 0.5) is 4.39 Å². The van der Waals surface area contributed by atoms with Crippen LogP contribution >= 0.6 is 0 Å². The zero-order valence-corrected chi connectivity index (χ0v) is 9.74. The van der Waals surface area contributed by atoms with Gasteiger partial charge >= 0.3 is 5.97 Å². The highest BCUT2D eigenvalue weighted by atomic mass is 19.1. The van der Waals surface area contributed by atoms with Crippen LogP contribution < -0.4 is 4.74 Å². The van der Waals surface area contributed by atoms with Gasteiger partial charge in [0.2, 0.25) is 0 Å². The summed E-state index contributed by atoms with van der Waals surface area (Å²) in [6.45, 7) is 3.47. The molecule has 0 saturated carbocycles. The van der Waals surface area contributed by atoms with Crippen LogP contribution in [-0.2, 0) is 4.79 Å². The van der Waals surface area contributed by atoms with E-state index in [2.05, 4.69) is 6.58 Å². The minimum Gasteiger partial charge on any atom is -0.494 e. The molecule has 0 atom stereocenters.